The van der Waals surface area contributed by atoms with Crippen molar-refractivity contribution < 1.29 is 14.3 Å². The van der Waals surface area contributed by atoms with E-state index < -0.39 is 0 Å². The maximum Gasteiger partial charge on any atom is 0.315 e. The fourth-order valence-corrected chi connectivity index (χ4v) is 1.65. The zero-order valence-corrected chi connectivity index (χ0v) is 11.3. The topological polar surface area (TPSA) is 59.6 Å². The second-order valence-corrected chi connectivity index (χ2v) is 4.74. The van der Waals surface area contributed by atoms with Gasteiger partial charge in [0.05, 0.1) is 13.7 Å². The highest BCUT2D eigenvalue weighted by Gasteiger charge is 2.23. The van der Waals surface area contributed by atoms with E-state index in [1.807, 2.05) is 31.2 Å². The molecule has 2 rings (SSSR count). The molecule has 0 heterocycles. The molecule has 1 aliphatic carbocycles. The number of rotatable bonds is 6. The van der Waals surface area contributed by atoms with Crippen LogP contribution in [-0.2, 0) is 0 Å². The van der Waals surface area contributed by atoms with Crippen molar-refractivity contribution in [2.45, 2.75) is 31.9 Å². The van der Waals surface area contributed by atoms with Gasteiger partial charge in [-0.3, -0.25) is 0 Å². The van der Waals surface area contributed by atoms with Gasteiger partial charge in [0.2, 0.25) is 0 Å². The van der Waals surface area contributed by atoms with Gasteiger partial charge in [0.15, 0.2) is 0 Å². The van der Waals surface area contributed by atoms with Gasteiger partial charge in [-0.25, -0.2) is 4.79 Å². The molecule has 1 aliphatic rings. The van der Waals surface area contributed by atoms with E-state index in [4.69, 9.17) is 9.47 Å². The molecule has 19 heavy (non-hydrogen) atoms. The summed E-state index contributed by atoms with van der Waals surface area (Å²) >= 11 is 0. The maximum atomic E-state index is 11.5. The van der Waals surface area contributed by atoms with Gasteiger partial charge >= 0.3 is 6.03 Å². The number of hydrogen-bond donors (Lipinski definition) is 2. The van der Waals surface area contributed by atoms with E-state index in [0.717, 1.165) is 24.3 Å². The van der Waals surface area contributed by atoms with Gasteiger partial charge in [0.25, 0.3) is 0 Å². The predicted octanol–water partition coefficient (Wildman–Crippen LogP) is 1.92. The summed E-state index contributed by atoms with van der Waals surface area (Å²) in [5, 5.41) is 5.66. The molecule has 0 aliphatic heterocycles. The monoisotopic (exact) mass is 264 g/mol. The van der Waals surface area contributed by atoms with E-state index >= 15 is 0 Å². The first-order chi connectivity index (χ1) is 9.17. The van der Waals surface area contributed by atoms with E-state index in [2.05, 4.69) is 10.6 Å². The molecule has 0 spiro atoms. The van der Waals surface area contributed by atoms with Crippen LogP contribution in [0.3, 0.4) is 0 Å². The number of ether oxygens (including phenoxy) is 2. The second-order valence-electron chi connectivity index (χ2n) is 4.74. The van der Waals surface area contributed by atoms with Crippen molar-refractivity contribution in [2.24, 2.45) is 0 Å². The SMILES string of the molecule is COc1cccc(OC(C)CNC(=O)NC2CC2)c1. The van der Waals surface area contributed by atoms with Crippen LogP contribution in [-0.4, -0.2) is 31.8 Å². The van der Waals surface area contributed by atoms with Crippen molar-refractivity contribution in [1.29, 1.82) is 0 Å². The molecule has 1 aromatic carbocycles. The third-order valence-electron chi connectivity index (χ3n) is 2.84. The van der Waals surface area contributed by atoms with Gasteiger partial charge in [0, 0.05) is 12.1 Å². The Morgan fingerprint density at radius 2 is 2.16 bits per heavy atom. The highest BCUT2D eigenvalue weighted by atomic mass is 16.5. The molecular weight excluding hydrogens is 244 g/mol. The Bertz CT molecular complexity index is 432. The number of amides is 2. The Labute approximate surface area is 113 Å². The van der Waals surface area contributed by atoms with Crippen molar-refractivity contribution in [1.82, 2.24) is 10.6 Å². The van der Waals surface area contributed by atoms with Crippen LogP contribution in [0.4, 0.5) is 4.79 Å². The third kappa shape index (κ3) is 4.69. The first-order valence-electron chi connectivity index (χ1n) is 6.52. The van der Waals surface area contributed by atoms with Crippen molar-refractivity contribution in [2.75, 3.05) is 13.7 Å². The second kappa shape index (κ2) is 6.31. The molecule has 0 saturated heterocycles. The fourth-order valence-electron chi connectivity index (χ4n) is 1.65. The highest BCUT2D eigenvalue weighted by molar-refractivity contribution is 5.74. The first kappa shape index (κ1) is 13.5. The molecule has 1 saturated carbocycles. The number of methoxy groups -OCH3 is 1. The average molecular weight is 264 g/mol. The van der Waals surface area contributed by atoms with E-state index in [-0.39, 0.29) is 12.1 Å². The summed E-state index contributed by atoms with van der Waals surface area (Å²) in [6, 6.07) is 7.66. The Kier molecular flexibility index (Phi) is 4.49. The largest absolute Gasteiger partial charge is 0.497 e. The Morgan fingerprint density at radius 1 is 1.42 bits per heavy atom. The van der Waals surface area contributed by atoms with Crippen molar-refractivity contribution in [3.63, 3.8) is 0 Å². The lowest BCUT2D eigenvalue weighted by molar-refractivity contribution is 0.207. The number of urea groups is 1. The molecule has 5 nitrogen and oxygen atoms in total. The Balaban J connectivity index is 1.73. The minimum atomic E-state index is -0.122. The van der Waals surface area contributed by atoms with Gasteiger partial charge in [-0.05, 0) is 31.9 Å². The van der Waals surface area contributed by atoms with E-state index in [1.54, 1.807) is 7.11 Å². The van der Waals surface area contributed by atoms with Gasteiger partial charge < -0.3 is 20.1 Å². The van der Waals surface area contributed by atoms with Gasteiger partial charge in [0.1, 0.15) is 17.6 Å². The predicted molar refractivity (Wildman–Crippen MR) is 72.6 cm³/mol. The Morgan fingerprint density at radius 3 is 2.84 bits per heavy atom. The molecule has 104 valence electrons. The van der Waals surface area contributed by atoms with Crippen LogP contribution in [0.2, 0.25) is 0 Å². The molecule has 1 fully saturated rings. The molecule has 0 aromatic heterocycles. The molecule has 2 amide bonds. The maximum absolute atomic E-state index is 11.5. The highest BCUT2D eigenvalue weighted by Crippen LogP contribution is 2.20. The standard InChI is InChI=1S/C14H20N2O3/c1-10(9-15-14(17)16-11-6-7-11)19-13-5-3-4-12(8-13)18-2/h3-5,8,10-11H,6-7,9H2,1-2H3,(H2,15,16,17). The van der Waals surface area contributed by atoms with Crippen molar-refractivity contribution in [3.8, 4) is 11.5 Å². The summed E-state index contributed by atoms with van der Waals surface area (Å²) in [5.74, 6) is 1.49. The number of hydrogen-bond acceptors (Lipinski definition) is 3. The summed E-state index contributed by atoms with van der Waals surface area (Å²) in [6.07, 6.45) is 2.07. The molecule has 1 unspecified atom stereocenters. The van der Waals surface area contributed by atoms with Crippen LogP contribution in [0.25, 0.3) is 0 Å². The van der Waals surface area contributed by atoms with E-state index in [1.165, 1.54) is 0 Å². The van der Waals surface area contributed by atoms with Crippen LogP contribution in [0.1, 0.15) is 19.8 Å². The van der Waals surface area contributed by atoms with Crippen LogP contribution in [0.5, 0.6) is 11.5 Å². The number of carbonyl (C=O) groups excluding carboxylic acids is 1. The first-order valence-corrected chi connectivity index (χ1v) is 6.52. The third-order valence-corrected chi connectivity index (χ3v) is 2.84. The van der Waals surface area contributed by atoms with E-state index in [0.29, 0.717) is 12.6 Å². The Hall–Kier alpha value is -1.91. The van der Waals surface area contributed by atoms with Crippen LogP contribution < -0.4 is 20.1 Å². The van der Waals surface area contributed by atoms with E-state index in [9.17, 15) is 4.79 Å². The molecule has 1 atom stereocenters. The van der Waals surface area contributed by atoms with Crippen LogP contribution in [0.15, 0.2) is 24.3 Å². The summed E-state index contributed by atoms with van der Waals surface area (Å²) in [4.78, 5) is 11.5. The molecule has 1 aromatic rings. The number of carbonyl (C=O) groups is 1. The van der Waals surface area contributed by atoms with Gasteiger partial charge in [-0.15, -0.1) is 0 Å². The van der Waals surface area contributed by atoms with Gasteiger partial charge in [-0.1, -0.05) is 6.07 Å². The lowest BCUT2D eigenvalue weighted by Gasteiger charge is -2.16. The molecule has 5 heteroatoms. The molecule has 0 radical (unpaired) electrons. The van der Waals surface area contributed by atoms with Crippen LogP contribution >= 0.6 is 0 Å². The molecule has 2 N–H and O–H groups in total. The summed E-state index contributed by atoms with van der Waals surface area (Å²) in [6.45, 7) is 2.38. The summed E-state index contributed by atoms with van der Waals surface area (Å²) in [7, 11) is 1.62. The molecule has 0 bridgehead atoms. The van der Waals surface area contributed by atoms with Crippen molar-refractivity contribution >= 4 is 6.03 Å². The zero-order valence-electron chi connectivity index (χ0n) is 11.3. The quantitative estimate of drug-likeness (QED) is 0.825. The lowest BCUT2D eigenvalue weighted by atomic mass is 10.3. The fraction of sp³-hybridized carbons (Fsp3) is 0.500. The van der Waals surface area contributed by atoms with Crippen LogP contribution in [0, 0.1) is 0 Å². The zero-order chi connectivity index (χ0) is 13.7. The average Bonchev–Trinajstić information content (AvgIpc) is 3.20. The smallest absolute Gasteiger partial charge is 0.315 e. The minimum absolute atomic E-state index is 0.0999. The number of nitrogens with one attached hydrogen (secondary N) is 2. The minimum Gasteiger partial charge on any atom is -0.497 e. The lowest BCUT2D eigenvalue weighted by Crippen LogP contribution is -2.41. The van der Waals surface area contributed by atoms with Gasteiger partial charge in [-0.2, -0.15) is 0 Å². The molecular formula is C14H20N2O3. The number of benzene rings is 1. The normalized spacial score (nSPS) is 15.5. The van der Waals surface area contributed by atoms with Crippen molar-refractivity contribution in [3.05, 3.63) is 24.3 Å². The summed E-state index contributed by atoms with van der Waals surface area (Å²) in [5.41, 5.74) is 0. The summed E-state index contributed by atoms with van der Waals surface area (Å²) < 4.78 is 10.8.